The second-order valence-corrected chi connectivity index (χ2v) is 6.84. The lowest BCUT2D eigenvalue weighted by Gasteiger charge is -2.15. The molecule has 0 aromatic heterocycles. The van der Waals surface area contributed by atoms with Gasteiger partial charge in [-0.1, -0.05) is 12.1 Å². The fraction of sp³-hybridized carbons (Fsp3) is 0.235. The molecule has 0 bridgehead atoms. The minimum atomic E-state index is -4.23. The van der Waals surface area contributed by atoms with Gasteiger partial charge in [0.25, 0.3) is 15.9 Å². The van der Waals surface area contributed by atoms with Gasteiger partial charge in [-0.15, -0.1) is 4.83 Å². The smallest absolute Gasteiger partial charge is 0.275 e. The molecule has 0 saturated heterocycles. The summed E-state index contributed by atoms with van der Waals surface area (Å²) in [5.41, 5.74) is 2.01. The van der Waals surface area contributed by atoms with E-state index in [1.165, 1.54) is 19.1 Å². The van der Waals surface area contributed by atoms with E-state index in [0.717, 1.165) is 12.1 Å². The van der Waals surface area contributed by atoms with E-state index in [1.807, 2.05) is 17.2 Å². The summed E-state index contributed by atoms with van der Waals surface area (Å²) < 4.78 is 48.3. The quantitative estimate of drug-likeness (QED) is 0.681. The summed E-state index contributed by atoms with van der Waals surface area (Å²) in [5.74, 6) is -0.589. The molecule has 2 aromatic rings. The molecule has 0 radical (unpaired) electrons. The number of sulfonamides is 1. The average molecular weight is 382 g/mol. The molecule has 2 rings (SSSR count). The largest absolute Gasteiger partial charge is 0.494 e. The molecule has 0 heterocycles. The van der Waals surface area contributed by atoms with E-state index in [9.17, 15) is 17.6 Å². The molecule has 2 N–H and O–H groups in total. The zero-order chi connectivity index (χ0) is 19.2. The Kier molecular flexibility index (Phi) is 6.53. The van der Waals surface area contributed by atoms with Gasteiger partial charge in [-0.25, -0.2) is 12.8 Å². The van der Waals surface area contributed by atoms with E-state index in [4.69, 9.17) is 9.47 Å². The molecule has 0 aliphatic carbocycles. The number of carbonyl (C=O) groups is 1. The van der Waals surface area contributed by atoms with E-state index in [2.05, 4.69) is 0 Å². The van der Waals surface area contributed by atoms with Gasteiger partial charge in [0.1, 0.15) is 22.2 Å². The number of rotatable bonds is 8. The Labute approximate surface area is 151 Å². The fourth-order valence-electron chi connectivity index (χ4n) is 1.98. The molecule has 1 amide bonds. The molecule has 9 heteroatoms. The first kappa shape index (κ1) is 19.7. The van der Waals surface area contributed by atoms with Crippen molar-refractivity contribution in [2.75, 3.05) is 6.61 Å². The van der Waals surface area contributed by atoms with Crippen LogP contribution in [0.1, 0.15) is 13.8 Å². The van der Waals surface area contributed by atoms with Crippen LogP contribution in [0.25, 0.3) is 0 Å². The molecule has 0 aliphatic rings. The molecule has 1 atom stereocenters. The van der Waals surface area contributed by atoms with Crippen molar-refractivity contribution in [1.82, 2.24) is 10.3 Å². The van der Waals surface area contributed by atoms with E-state index in [1.54, 1.807) is 24.3 Å². The van der Waals surface area contributed by atoms with Crippen LogP contribution in [0.3, 0.4) is 0 Å². The first-order chi connectivity index (χ1) is 12.3. The van der Waals surface area contributed by atoms with Gasteiger partial charge in [0.15, 0.2) is 6.10 Å². The molecule has 140 valence electrons. The summed E-state index contributed by atoms with van der Waals surface area (Å²) in [5, 5.41) is 0. The lowest BCUT2D eigenvalue weighted by atomic mass is 10.3. The summed E-state index contributed by atoms with van der Waals surface area (Å²) >= 11 is 0. The van der Waals surface area contributed by atoms with Gasteiger partial charge in [-0.05, 0) is 50.2 Å². The third kappa shape index (κ3) is 5.17. The number of hydrogen-bond donors (Lipinski definition) is 2. The van der Waals surface area contributed by atoms with Gasteiger partial charge in [-0.3, -0.25) is 10.2 Å². The molecule has 0 saturated carbocycles. The van der Waals surface area contributed by atoms with Crippen LogP contribution < -0.4 is 19.7 Å². The number of hydrazine groups is 1. The van der Waals surface area contributed by atoms with Gasteiger partial charge in [0, 0.05) is 0 Å². The topological polar surface area (TPSA) is 93.7 Å². The van der Waals surface area contributed by atoms with Crippen LogP contribution in [-0.2, 0) is 14.8 Å². The zero-order valence-electron chi connectivity index (χ0n) is 14.2. The molecule has 0 unspecified atom stereocenters. The van der Waals surface area contributed by atoms with Crippen molar-refractivity contribution in [3.05, 3.63) is 54.3 Å². The van der Waals surface area contributed by atoms with Crippen LogP contribution in [0.2, 0.25) is 0 Å². The van der Waals surface area contributed by atoms with E-state index >= 15 is 0 Å². The number of nitrogens with one attached hydrogen (secondary N) is 2. The van der Waals surface area contributed by atoms with Gasteiger partial charge < -0.3 is 9.47 Å². The monoisotopic (exact) mass is 382 g/mol. The highest BCUT2D eigenvalue weighted by Gasteiger charge is 2.21. The Morgan fingerprint density at radius 1 is 1.12 bits per heavy atom. The van der Waals surface area contributed by atoms with Crippen molar-refractivity contribution in [2.24, 2.45) is 0 Å². The maximum Gasteiger partial charge on any atom is 0.275 e. The molecule has 0 spiro atoms. The van der Waals surface area contributed by atoms with Gasteiger partial charge >= 0.3 is 0 Å². The van der Waals surface area contributed by atoms with Gasteiger partial charge in [0.2, 0.25) is 0 Å². The molecule has 2 aromatic carbocycles. The fourth-order valence-corrected chi connectivity index (χ4v) is 2.90. The Balaban J connectivity index is 1.93. The molecule has 7 nitrogen and oxygen atoms in total. The summed E-state index contributed by atoms with van der Waals surface area (Å²) in [6.07, 6.45) is -0.990. The first-order valence-electron chi connectivity index (χ1n) is 7.79. The van der Waals surface area contributed by atoms with Crippen LogP contribution in [0.5, 0.6) is 11.5 Å². The predicted molar refractivity (Wildman–Crippen MR) is 92.6 cm³/mol. The van der Waals surface area contributed by atoms with Gasteiger partial charge in [0.05, 0.1) is 6.61 Å². The van der Waals surface area contributed by atoms with Crippen LogP contribution in [0.15, 0.2) is 53.4 Å². The lowest BCUT2D eigenvalue weighted by molar-refractivity contribution is -0.127. The van der Waals surface area contributed by atoms with Crippen molar-refractivity contribution in [1.29, 1.82) is 0 Å². The Bertz CT molecular complexity index is 856. The van der Waals surface area contributed by atoms with E-state index in [0.29, 0.717) is 18.1 Å². The van der Waals surface area contributed by atoms with Crippen molar-refractivity contribution in [2.45, 2.75) is 24.8 Å². The third-order valence-corrected chi connectivity index (χ3v) is 4.53. The SMILES string of the molecule is CCOc1ccc(O[C@H](C)C(=O)NNS(=O)(=O)c2ccccc2F)cc1. The van der Waals surface area contributed by atoms with Crippen molar-refractivity contribution < 1.29 is 27.1 Å². The van der Waals surface area contributed by atoms with E-state index < -0.39 is 32.7 Å². The molecule has 0 aliphatic heterocycles. The predicted octanol–water partition coefficient (Wildman–Crippen LogP) is 2.00. The minimum Gasteiger partial charge on any atom is -0.494 e. The summed E-state index contributed by atoms with van der Waals surface area (Å²) in [6, 6.07) is 11.4. The first-order valence-corrected chi connectivity index (χ1v) is 9.27. The molecule has 26 heavy (non-hydrogen) atoms. The lowest BCUT2D eigenvalue weighted by Crippen LogP contribution is -2.47. The molecule has 0 fully saturated rings. The second kappa shape index (κ2) is 8.63. The average Bonchev–Trinajstić information content (AvgIpc) is 2.62. The number of benzene rings is 2. The normalized spacial score (nSPS) is 12.3. The van der Waals surface area contributed by atoms with Crippen molar-refractivity contribution >= 4 is 15.9 Å². The Hall–Kier alpha value is -2.65. The highest BCUT2D eigenvalue weighted by molar-refractivity contribution is 7.89. The zero-order valence-corrected chi connectivity index (χ0v) is 15.0. The maximum atomic E-state index is 13.6. The van der Waals surface area contributed by atoms with E-state index in [-0.39, 0.29) is 0 Å². The van der Waals surface area contributed by atoms with Gasteiger partial charge in [-0.2, -0.15) is 0 Å². The summed E-state index contributed by atoms with van der Waals surface area (Å²) in [6.45, 7) is 3.84. The van der Waals surface area contributed by atoms with Crippen LogP contribution in [0.4, 0.5) is 4.39 Å². The molecular formula is C17H19FN2O5S. The van der Waals surface area contributed by atoms with Crippen LogP contribution >= 0.6 is 0 Å². The number of hydrogen-bond acceptors (Lipinski definition) is 5. The highest BCUT2D eigenvalue weighted by Crippen LogP contribution is 2.18. The highest BCUT2D eigenvalue weighted by atomic mass is 32.2. The Morgan fingerprint density at radius 3 is 2.35 bits per heavy atom. The van der Waals surface area contributed by atoms with Crippen LogP contribution in [-0.4, -0.2) is 27.0 Å². The summed E-state index contributed by atoms with van der Waals surface area (Å²) in [4.78, 5) is 13.3. The third-order valence-electron chi connectivity index (χ3n) is 3.25. The van der Waals surface area contributed by atoms with Crippen LogP contribution in [0, 0.1) is 5.82 Å². The standard InChI is InChI=1S/C17H19FN2O5S/c1-3-24-13-8-10-14(11-9-13)25-12(2)17(21)19-20-26(22,23)16-7-5-4-6-15(16)18/h4-12,20H,3H2,1-2H3,(H,19,21)/t12-/m1/s1. The van der Waals surface area contributed by atoms with Crippen molar-refractivity contribution in [3.63, 3.8) is 0 Å². The second-order valence-electron chi connectivity index (χ2n) is 5.19. The number of halogens is 1. The molecular weight excluding hydrogens is 363 g/mol. The summed E-state index contributed by atoms with van der Waals surface area (Å²) in [7, 11) is -4.23. The minimum absolute atomic E-state index is 0.410. The number of ether oxygens (including phenoxy) is 2. The number of amides is 1. The maximum absolute atomic E-state index is 13.6. The number of carbonyl (C=O) groups excluding carboxylic acids is 1. The van der Waals surface area contributed by atoms with Crippen molar-refractivity contribution in [3.8, 4) is 11.5 Å². The Morgan fingerprint density at radius 2 is 1.73 bits per heavy atom.